The molecule has 0 saturated heterocycles. The van der Waals surface area contributed by atoms with E-state index in [9.17, 15) is 9.90 Å². The first kappa shape index (κ1) is 24.8. The molecule has 5 rings (SSSR count). The Morgan fingerprint density at radius 3 is 2.46 bits per heavy atom. The van der Waals surface area contributed by atoms with Gasteiger partial charge in [-0.3, -0.25) is 0 Å². The van der Waals surface area contributed by atoms with E-state index in [-0.39, 0.29) is 0 Å². The summed E-state index contributed by atoms with van der Waals surface area (Å²) in [6, 6.07) is 21.5. The smallest absolute Gasteiger partial charge is 0.337 e. The van der Waals surface area contributed by atoms with Crippen LogP contribution in [-0.4, -0.2) is 35.4 Å². The number of aryl methyl sites for hydroxylation is 1. The Labute approximate surface area is 216 Å². The molecule has 37 heavy (non-hydrogen) atoms. The summed E-state index contributed by atoms with van der Waals surface area (Å²) < 4.78 is 17.5. The van der Waals surface area contributed by atoms with Crippen molar-refractivity contribution in [3.8, 4) is 34.0 Å². The van der Waals surface area contributed by atoms with Crippen molar-refractivity contribution in [1.82, 2.24) is 4.98 Å². The zero-order chi connectivity index (χ0) is 26.2. The lowest BCUT2D eigenvalue weighted by atomic mass is 9.91. The largest absolute Gasteiger partial charge is 0.497 e. The molecule has 0 bridgehead atoms. The second-order valence-corrected chi connectivity index (χ2v) is 10.2. The molecule has 6 heteroatoms. The van der Waals surface area contributed by atoms with Gasteiger partial charge >= 0.3 is 5.97 Å². The standard InChI is InChI=1S/C31H31NO5/c1-31(2,3)37-29(30(33)34)26-23-12-5-6-13-24(23)27(20-9-7-11-22(18-20)35-4)32-28(26)21-14-15-25-19(17-21)10-8-16-36-25/h5-7,9,11-15,17-18,29H,8,10,16H2,1-4H3,(H,33,34). The number of pyridine rings is 1. The highest BCUT2D eigenvalue weighted by Gasteiger charge is 2.32. The lowest BCUT2D eigenvalue weighted by Crippen LogP contribution is -2.28. The van der Waals surface area contributed by atoms with Crippen LogP contribution in [0.15, 0.2) is 66.7 Å². The zero-order valence-corrected chi connectivity index (χ0v) is 21.6. The van der Waals surface area contributed by atoms with Crippen molar-refractivity contribution in [2.45, 2.75) is 45.3 Å². The van der Waals surface area contributed by atoms with E-state index in [1.54, 1.807) is 7.11 Å². The highest BCUT2D eigenvalue weighted by Crippen LogP contribution is 2.42. The minimum atomic E-state index is -1.21. The molecule has 3 aromatic carbocycles. The maximum atomic E-state index is 12.7. The number of hydrogen-bond acceptors (Lipinski definition) is 5. The van der Waals surface area contributed by atoms with Crippen LogP contribution in [0.5, 0.6) is 11.5 Å². The van der Waals surface area contributed by atoms with E-state index in [0.29, 0.717) is 17.9 Å². The average Bonchev–Trinajstić information content (AvgIpc) is 2.90. The summed E-state index contributed by atoms with van der Waals surface area (Å²) in [4.78, 5) is 17.8. The molecule has 6 nitrogen and oxygen atoms in total. The Hall–Kier alpha value is -3.90. The number of carboxylic acid groups (broad SMARTS) is 1. The van der Waals surface area contributed by atoms with Crippen LogP contribution < -0.4 is 9.47 Å². The number of benzene rings is 3. The Kier molecular flexibility index (Phi) is 6.61. The molecule has 1 atom stereocenters. The molecule has 190 valence electrons. The second kappa shape index (κ2) is 9.87. The predicted molar refractivity (Wildman–Crippen MR) is 144 cm³/mol. The third-order valence-electron chi connectivity index (χ3n) is 6.43. The van der Waals surface area contributed by atoms with Gasteiger partial charge in [-0.1, -0.05) is 36.4 Å². The van der Waals surface area contributed by atoms with Crippen LogP contribution in [0.2, 0.25) is 0 Å². The summed E-state index contributed by atoms with van der Waals surface area (Å²) in [5.41, 5.74) is 4.00. The highest BCUT2D eigenvalue weighted by molar-refractivity contribution is 6.02. The molecule has 0 spiro atoms. The van der Waals surface area contributed by atoms with Crippen molar-refractivity contribution in [2.24, 2.45) is 0 Å². The van der Waals surface area contributed by atoms with Crippen LogP contribution in [0.3, 0.4) is 0 Å². The third kappa shape index (κ3) is 5.02. The maximum absolute atomic E-state index is 12.7. The van der Waals surface area contributed by atoms with E-state index in [2.05, 4.69) is 6.07 Å². The molecule has 0 fully saturated rings. The number of carbonyl (C=O) groups is 1. The first-order valence-corrected chi connectivity index (χ1v) is 12.5. The van der Waals surface area contributed by atoms with Gasteiger partial charge in [-0.05, 0) is 74.9 Å². The van der Waals surface area contributed by atoms with E-state index in [0.717, 1.165) is 57.5 Å². The highest BCUT2D eigenvalue weighted by atomic mass is 16.5. The molecular formula is C31H31NO5. The minimum Gasteiger partial charge on any atom is -0.497 e. The normalized spacial score (nSPS) is 14.1. The first-order valence-electron chi connectivity index (χ1n) is 12.5. The molecule has 0 saturated carbocycles. The lowest BCUT2D eigenvalue weighted by Gasteiger charge is -2.28. The first-order chi connectivity index (χ1) is 17.7. The average molecular weight is 498 g/mol. The molecule has 1 aromatic heterocycles. The van der Waals surface area contributed by atoms with Crippen LogP contribution in [-0.2, 0) is 16.0 Å². The van der Waals surface area contributed by atoms with E-state index in [4.69, 9.17) is 19.2 Å². The SMILES string of the molecule is COc1cccc(-c2nc(-c3ccc4c(c3)CCCO4)c(C(OC(C)(C)C)C(=O)O)c3ccccc23)c1. The monoisotopic (exact) mass is 497 g/mol. The van der Waals surface area contributed by atoms with Gasteiger partial charge in [-0.25, -0.2) is 9.78 Å². The summed E-state index contributed by atoms with van der Waals surface area (Å²) in [5, 5.41) is 12.0. The summed E-state index contributed by atoms with van der Waals surface area (Å²) in [6.07, 6.45) is 0.628. The molecule has 1 aliphatic heterocycles. The summed E-state index contributed by atoms with van der Waals surface area (Å²) in [7, 11) is 1.63. The van der Waals surface area contributed by atoms with Gasteiger partial charge in [-0.2, -0.15) is 0 Å². The van der Waals surface area contributed by atoms with Crippen LogP contribution in [0, 0.1) is 0 Å². The fourth-order valence-corrected chi connectivity index (χ4v) is 4.85. The van der Waals surface area contributed by atoms with Crippen LogP contribution in [0.1, 0.15) is 44.4 Å². The molecule has 1 aliphatic rings. The topological polar surface area (TPSA) is 77.9 Å². The van der Waals surface area contributed by atoms with Gasteiger partial charge in [0.05, 0.1) is 30.7 Å². The number of aromatic nitrogens is 1. The van der Waals surface area contributed by atoms with Gasteiger partial charge in [0.2, 0.25) is 0 Å². The van der Waals surface area contributed by atoms with Gasteiger partial charge in [0, 0.05) is 22.1 Å². The van der Waals surface area contributed by atoms with Gasteiger partial charge in [-0.15, -0.1) is 0 Å². The maximum Gasteiger partial charge on any atom is 0.337 e. The summed E-state index contributed by atoms with van der Waals surface area (Å²) >= 11 is 0. The molecular weight excluding hydrogens is 466 g/mol. The van der Waals surface area contributed by atoms with Crippen molar-refractivity contribution in [3.63, 3.8) is 0 Å². The molecule has 4 aromatic rings. The van der Waals surface area contributed by atoms with Crippen LogP contribution in [0.4, 0.5) is 0 Å². The van der Waals surface area contributed by atoms with E-state index in [1.807, 2.05) is 81.4 Å². The van der Waals surface area contributed by atoms with Gasteiger partial charge in [0.25, 0.3) is 0 Å². The third-order valence-corrected chi connectivity index (χ3v) is 6.43. The number of carboxylic acids is 1. The van der Waals surface area contributed by atoms with Crippen molar-refractivity contribution >= 4 is 16.7 Å². The quantitative estimate of drug-likeness (QED) is 0.314. The van der Waals surface area contributed by atoms with Crippen LogP contribution >= 0.6 is 0 Å². The van der Waals surface area contributed by atoms with Crippen LogP contribution in [0.25, 0.3) is 33.3 Å². The van der Waals surface area contributed by atoms with Crippen molar-refractivity contribution < 1.29 is 24.1 Å². The molecule has 0 radical (unpaired) electrons. The van der Waals surface area contributed by atoms with E-state index >= 15 is 0 Å². The van der Waals surface area contributed by atoms with Gasteiger partial charge in [0.1, 0.15) is 11.5 Å². The number of methoxy groups -OCH3 is 1. The van der Waals surface area contributed by atoms with E-state index < -0.39 is 17.7 Å². The molecule has 1 unspecified atom stereocenters. The predicted octanol–water partition coefficient (Wildman–Crippen LogP) is 6.84. The Bertz CT molecular complexity index is 1470. The number of hydrogen-bond donors (Lipinski definition) is 1. The fourth-order valence-electron chi connectivity index (χ4n) is 4.85. The zero-order valence-electron chi connectivity index (χ0n) is 21.6. The second-order valence-electron chi connectivity index (χ2n) is 10.2. The molecule has 1 N–H and O–H groups in total. The molecule has 0 aliphatic carbocycles. The Balaban J connectivity index is 1.85. The molecule has 2 heterocycles. The van der Waals surface area contributed by atoms with Gasteiger partial charge in [0.15, 0.2) is 6.10 Å². The van der Waals surface area contributed by atoms with Crippen molar-refractivity contribution in [2.75, 3.05) is 13.7 Å². The lowest BCUT2D eigenvalue weighted by molar-refractivity contribution is -0.160. The number of fused-ring (bicyclic) bond motifs is 2. The van der Waals surface area contributed by atoms with E-state index in [1.165, 1.54) is 0 Å². The number of ether oxygens (including phenoxy) is 3. The van der Waals surface area contributed by atoms with Crippen molar-refractivity contribution in [1.29, 1.82) is 0 Å². The number of rotatable bonds is 6. The Morgan fingerprint density at radius 1 is 0.973 bits per heavy atom. The molecule has 0 amide bonds. The number of nitrogens with zero attached hydrogens (tertiary/aromatic N) is 1. The summed E-state index contributed by atoms with van der Waals surface area (Å²) in [5.74, 6) is 0.532. The fraction of sp³-hybridized carbons (Fsp3) is 0.290. The minimum absolute atomic E-state index is 0.543. The Morgan fingerprint density at radius 2 is 1.73 bits per heavy atom. The summed E-state index contributed by atoms with van der Waals surface area (Å²) in [6.45, 7) is 6.28. The van der Waals surface area contributed by atoms with Gasteiger partial charge < -0.3 is 19.3 Å². The number of aliphatic carboxylic acids is 1. The van der Waals surface area contributed by atoms with Crippen molar-refractivity contribution in [3.05, 3.63) is 77.9 Å².